The van der Waals surface area contributed by atoms with Gasteiger partial charge < -0.3 is 10.2 Å². The van der Waals surface area contributed by atoms with Gasteiger partial charge in [0.25, 0.3) is 17.1 Å². The maximum atomic E-state index is 13.0. The summed E-state index contributed by atoms with van der Waals surface area (Å²) in [6.45, 7) is 1.99. The van der Waals surface area contributed by atoms with Crippen LogP contribution in [0.15, 0.2) is 51.8 Å². The Bertz CT molecular complexity index is 1070. The Morgan fingerprint density at radius 2 is 1.82 bits per heavy atom. The van der Waals surface area contributed by atoms with Crippen molar-refractivity contribution in [1.82, 2.24) is 4.90 Å². The van der Waals surface area contributed by atoms with Crippen molar-refractivity contribution in [2.24, 2.45) is 0 Å². The van der Waals surface area contributed by atoms with Crippen molar-refractivity contribution in [3.8, 4) is 0 Å². The highest BCUT2D eigenvalue weighted by atomic mass is 79.9. The number of fused-ring (bicyclic) bond motifs is 1. The number of rotatable bonds is 3. The highest BCUT2D eigenvalue weighted by molar-refractivity contribution is 9.10. The van der Waals surface area contributed by atoms with E-state index in [1.807, 2.05) is 43.3 Å². The molecule has 4 rings (SSSR count). The Morgan fingerprint density at radius 1 is 1.07 bits per heavy atom. The molecule has 1 saturated heterocycles. The van der Waals surface area contributed by atoms with Gasteiger partial charge in [-0.25, -0.2) is 0 Å². The van der Waals surface area contributed by atoms with Crippen LogP contribution in [-0.4, -0.2) is 35.7 Å². The van der Waals surface area contributed by atoms with Gasteiger partial charge in [0.1, 0.15) is 0 Å². The molecule has 2 aromatic rings. The minimum Gasteiger partial charge on any atom is -0.367 e. The molecule has 0 radical (unpaired) electrons. The predicted molar refractivity (Wildman–Crippen MR) is 114 cm³/mol. The molecule has 0 saturated carbocycles. The summed E-state index contributed by atoms with van der Waals surface area (Å²) in [4.78, 5) is 41.0. The van der Waals surface area contributed by atoms with Crippen molar-refractivity contribution >= 4 is 61.7 Å². The molecule has 6 nitrogen and oxygen atoms in total. The van der Waals surface area contributed by atoms with E-state index in [9.17, 15) is 14.4 Å². The van der Waals surface area contributed by atoms with Crippen LogP contribution in [0.25, 0.3) is 5.57 Å². The lowest BCUT2D eigenvalue weighted by molar-refractivity contribution is -0.122. The average Bonchev–Trinajstić information content (AvgIpc) is 3.07. The van der Waals surface area contributed by atoms with Gasteiger partial charge >= 0.3 is 0 Å². The second-order valence-electron chi connectivity index (χ2n) is 6.48. The lowest BCUT2D eigenvalue weighted by atomic mass is 10.1. The van der Waals surface area contributed by atoms with Gasteiger partial charge in [-0.1, -0.05) is 34.1 Å². The second-order valence-corrected chi connectivity index (χ2v) is 8.36. The number of nitrogens with one attached hydrogen (secondary N) is 1. The third-order valence-electron chi connectivity index (χ3n) is 4.76. The number of halogens is 1. The lowest BCUT2D eigenvalue weighted by Gasteiger charge is -2.16. The molecule has 0 aromatic heterocycles. The largest absolute Gasteiger partial charge is 0.367 e. The van der Waals surface area contributed by atoms with Crippen LogP contribution in [0, 0.1) is 6.92 Å². The number of imide groups is 1. The van der Waals surface area contributed by atoms with E-state index in [-0.39, 0.29) is 23.1 Å². The number of anilines is 2. The molecule has 0 atom stereocenters. The number of aryl methyl sites for hydroxylation is 1. The molecule has 3 amide bonds. The number of carbonyl (C=O) groups is 3. The fraction of sp³-hybridized carbons (Fsp3) is 0.150. The summed E-state index contributed by atoms with van der Waals surface area (Å²) in [5.41, 5.74) is 3.51. The second kappa shape index (κ2) is 7.10. The Hall–Kier alpha value is -2.58. The lowest BCUT2D eigenvalue weighted by Crippen LogP contribution is -2.33. The highest BCUT2D eigenvalue weighted by Crippen LogP contribution is 2.44. The number of benzene rings is 2. The van der Waals surface area contributed by atoms with E-state index < -0.39 is 11.1 Å². The van der Waals surface area contributed by atoms with E-state index in [4.69, 9.17) is 0 Å². The molecule has 142 valence electrons. The summed E-state index contributed by atoms with van der Waals surface area (Å²) >= 11 is 4.21. The SMILES string of the molecule is Cc1ccccc1NCN1C(=O)S/C(=C2\C(=O)N(C)c3ccc(Br)cc32)C1=O. The summed E-state index contributed by atoms with van der Waals surface area (Å²) in [5, 5.41) is 2.72. The van der Waals surface area contributed by atoms with Crippen LogP contribution in [0.2, 0.25) is 0 Å². The Labute approximate surface area is 174 Å². The quantitative estimate of drug-likeness (QED) is 0.698. The van der Waals surface area contributed by atoms with Gasteiger partial charge in [-0.3, -0.25) is 19.3 Å². The molecule has 1 fully saturated rings. The first-order valence-corrected chi connectivity index (χ1v) is 10.1. The molecule has 2 aliphatic rings. The van der Waals surface area contributed by atoms with Gasteiger partial charge in [0, 0.05) is 22.8 Å². The maximum absolute atomic E-state index is 13.0. The summed E-state index contributed by atoms with van der Waals surface area (Å²) in [6.07, 6.45) is 0. The van der Waals surface area contributed by atoms with Gasteiger partial charge in [0.15, 0.2) is 0 Å². The molecular formula is C20H16BrN3O3S. The molecule has 2 aromatic carbocycles. The molecule has 2 aliphatic heterocycles. The smallest absolute Gasteiger partial charge is 0.295 e. The monoisotopic (exact) mass is 457 g/mol. The first-order valence-electron chi connectivity index (χ1n) is 8.54. The zero-order chi connectivity index (χ0) is 20.0. The van der Waals surface area contributed by atoms with Crippen LogP contribution in [0.4, 0.5) is 16.2 Å². The van der Waals surface area contributed by atoms with Gasteiger partial charge in [-0.05, 0) is 48.5 Å². The van der Waals surface area contributed by atoms with E-state index in [1.165, 1.54) is 4.90 Å². The summed E-state index contributed by atoms with van der Waals surface area (Å²) in [7, 11) is 1.66. The standard InChI is InChI=1S/C20H16BrN3O3S/c1-11-5-3-4-6-14(11)22-10-24-19(26)17(28-20(24)27)16-13-9-12(21)7-8-15(13)23(2)18(16)25/h3-9,22H,10H2,1-2H3/b17-16-. The van der Waals surface area contributed by atoms with Crippen LogP contribution in [-0.2, 0) is 9.59 Å². The van der Waals surface area contributed by atoms with Crippen LogP contribution >= 0.6 is 27.7 Å². The van der Waals surface area contributed by atoms with Gasteiger partial charge in [0.2, 0.25) is 0 Å². The normalized spacial score (nSPS) is 18.9. The summed E-state index contributed by atoms with van der Waals surface area (Å²) in [5.74, 6) is -0.744. The number of hydrogen-bond donors (Lipinski definition) is 1. The maximum Gasteiger partial charge on any atom is 0.295 e. The number of carbonyl (C=O) groups excluding carboxylic acids is 3. The van der Waals surface area contributed by atoms with Crippen LogP contribution in [0.1, 0.15) is 11.1 Å². The van der Waals surface area contributed by atoms with E-state index in [1.54, 1.807) is 13.1 Å². The number of thioether (sulfide) groups is 1. The van der Waals surface area contributed by atoms with Crippen molar-refractivity contribution in [3.63, 3.8) is 0 Å². The number of amides is 3. The number of para-hydroxylation sites is 1. The molecular weight excluding hydrogens is 442 g/mol. The first-order chi connectivity index (χ1) is 13.4. The molecule has 0 unspecified atom stereocenters. The predicted octanol–water partition coefficient (Wildman–Crippen LogP) is 4.21. The van der Waals surface area contributed by atoms with Crippen molar-refractivity contribution in [2.45, 2.75) is 6.92 Å². The minimum absolute atomic E-state index is 0.0433. The van der Waals surface area contributed by atoms with Gasteiger partial charge in [0.05, 0.1) is 22.8 Å². The number of likely N-dealkylation sites (N-methyl/N-ethyl adjacent to an activating group) is 1. The van der Waals surface area contributed by atoms with Crippen LogP contribution < -0.4 is 10.2 Å². The molecule has 0 spiro atoms. The molecule has 2 heterocycles. The van der Waals surface area contributed by atoms with Crippen molar-refractivity contribution in [1.29, 1.82) is 0 Å². The number of nitrogens with zero attached hydrogens (tertiary/aromatic N) is 2. The van der Waals surface area contributed by atoms with Crippen molar-refractivity contribution in [2.75, 3.05) is 23.9 Å². The third kappa shape index (κ3) is 3.02. The number of hydrogen-bond acceptors (Lipinski definition) is 5. The van der Waals surface area contributed by atoms with Crippen molar-refractivity contribution < 1.29 is 14.4 Å². The topological polar surface area (TPSA) is 69.7 Å². The Kier molecular flexibility index (Phi) is 4.76. The first kappa shape index (κ1) is 18.8. The van der Waals surface area contributed by atoms with E-state index in [2.05, 4.69) is 21.2 Å². The Morgan fingerprint density at radius 3 is 2.57 bits per heavy atom. The molecule has 0 bridgehead atoms. The molecule has 1 N–H and O–H groups in total. The van der Waals surface area contributed by atoms with Gasteiger partial charge in [-0.2, -0.15) is 0 Å². The van der Waals surface area contributed by atoms with E-state index in [0.29, 0.717) is 11.3 Å². The fourth-order valence-electron chi connectivity index (χ4n) is 3.23. The highest BCUT2D eigenvalue weighted by Gasteiger charge is 2.42. The van der Waals surface area contributed by atoms with Crippen LogP contribution in [0.3, 0.4) is 0 Å². The van der Waals surface area contributed by atoms with E-state index in [0.717, 1.165) is 32.4 Å². The zero-order valence-corrected chi connectivity index (χ0v) is 17.6. The third-order valence-corrected chi connectivity index (χ3v) is 6.23. The van der Waals surface area contributed by atoms with Gasteiger partial charge in [-0.15, -0.1) is 0 Å². The zero-order valence-electron chi connectivity index (χ0n) is 15.2. The molecule has 8 heteroatoms. The summed E-state index contributed by atoms with van der Waals surface area (Å²) in [6, 6.07) is 13.1. The minimum atomic E-state index is -0.458. The van der Waals surface area contributed by atoms with E-state index >= 15 is 0 Å². The van der Waals surface area contributed by atoms with Crippen LogP contribution in [0.5, 0.6) is 0 Å². The average molecular weight is 458 g/mol. The Balaban J connectivity index is 1.67. The van der Waals surface area contributed by atoms with Crippen molar-refractivity contribution in [3.05, 3.63) is 63.0 Å². The summed E-state index contributed by atoms with van der Waals surface area (Å²) < 4.78 is 0.798. The molecule has 28 heavy (non-hydrogen) atoms. The fourth-order valence-corrected chi connectivity index (χ4v) is 4.52. The molecule has 0 aliphatic carbocycles.